The molecule has 0 atom stereocenters. The number of aromatic carboxylic acids is 1. The van der Waals surface area contributed by atoms with Gasteiger partial charge in [0.2, 0.25) is 0 Å². The predicted molar refractivity (Wildman–Crippen MR) is 72.1 cm³/mol. The van der Waals surface area contributed by atoms with Gasteiger partial charge < -0.3 is 14.6 Å². The Hall–Kier alpha value is -1.72. The molecule has 2 aromatic rings. The molecule has 4 nitrogen and oxygen atoms in total. The first-order chi connectivity index (χ1) is 9.22. The van der Waals surface area contributed by atoms with Gasteiger partial charge in [-0.1, -0.05) is 30.3 Å². The molecule has 0 saturated heterocycles. The third-order valence-electron chi connectivity index (χ3n) is 2.66. The average molecular weight is 276 g/mol. The fourth-order valence-electron chi connectivity index (χ4n) is 1.76. The number of aromatic nitrogens is 1. The van der Waals surface area contributed by atoms with E-state index in [1.165, 1.54) is 11.3 Å². The molecule has 0 saturated carbocycles. The summed E-state index contributed by atoms with van der Waals surface area (Å²) in [4.78, 5) is 16.0. The maximum absolute atomic E-state index is 11.1. The molecule has 1 aromatic heterocycles. The second-order valence-corrected chi connectivity index (χ2v) is 5.12. The van der Waals surface area contributed by atoms with Crippen molar-refractivity contribution in [2.75, 3.05) is 13.7 Å². The van der Waals surface area contributed by atoms with E-state index in [1.807, 2.05) is 30.3 Å². The maximum atomic E-state index is 11.1. The van der Waals surface area contributed by atoms with Gasteiger partial charge in [0.15, 0.2) is 0 Å². The molecule has 5 heteroatoms. The fraction of sp³-hybridized carbons (Fsp3) is 0.286. The van der Waals surface area contributed by atoms with Crippen LogP contribution in [0.4, 0.5) is 0 Å². The minimum Gasteiger partial charge on any atom is -0.543 e. The van der Waals surface area contributed by atoms with Gasteiger partial charge in [-0.15, -0.1) is 11.3 Å². The number of hydrogen-bond donors (Lipinski definition) is 0. The van der Waals surface area contributed by atoms with E-state index in [9.17, 15) is 9.90 Å². The van der Waals surface area contributed by atoms with Crippen LogP contribution in [0.1, 0.15) is 21.8 Å². The molecule has 0 unspecified atom stereocenters. The highest BCUT2D eigenvalue weighted by molar-refractivity contribution is 7.15. The number of carbonyl (C=O) groups is 1. The Balaban J connectivity index is 2.27. The van der Waals surface area contributed by atoms with Crippen molar-refractivity contribution in [3.8, 4) is 10.6 Å². The van der Waals surface area contributed by atoms with Crippen molar-refractivity contribution in [2.45, 2.75) is 12.8 Å². The minimum absolute atomic E-state index is 0.0555. The summed E-state index contributed by atoms with van der Waals surface area (Å²) in [6.07, 6.45) is 1.41. The highest BCUT2D eigenvalue weighted by Crippen LogP contribution is 2.28. The minimum atomic E-state index is -1.22. The van der Waals surface area contributed by atoms with E-state index in [0.717, 1.165) is 16.9 Å². The van der Waals surface area contributed by atoms with Crippen molar-refractivity contribution in [1.82, 2.24) is 4.98 Å². The molecule has 0 radical (unpaired) electrons. The van der Waals surface area contributed by atoms with Crippen LogP contribution in [0, 0.1) is 0 Å². The Bertz CT molecular complexity index is 551. The molecule has 0 fully saturated rings. The first kappa shape index (κ1) is 13.7. The lowest BCUT2D eigenvalue weighted by Gasteiger charge is -2.01. The maximum Gasteiger partial charge on any atom is 0.124 e. The summed E-state index contributed by atoms with van der Waals surface area (Å²) in [6, 6.07) is 9.55. The zero-order valence-electron chi connectivity index (χ0n) is 10.6. The number of carboxylic acid groups (broad SMARTS) is 1. The second-order valence-electron chi connectivity index (χ2n) is 4.04. The number of aryl methyl sites for hydroxylation is 1. The topological polar surface area (TPSA) is 62.2 Å². The van der Waals surface area contributed by atoms with E-state index < -0.39 is 5.97 Å². The quantitative estimate of drug-likeness (QED) is 0.754. The molecule has 100 valence electrons. The van der Waals surface area contributed by atoms with Gasteiger partial charge in [-0.25, -0.2) is 4.98 Å². The van der Waals surface area contributed by atoms with Gasteiger partial charge in [0.25, 0.3) is 0 Å². The van der Waals surface area contributed by atoms with Gasteiger partial charge in [-0.3, -0.25) is 0 Å². The van der Waals surface area contributed by atoms with E-state index >= 15 is 0 Å². The van der Waals surface area contributed by atoms with Crippen molar-refractivity contribution < 1.29 is 14.6 Å². The molecule has 2 rings (SSSR count). The largest absolute Gasteiger partial charge is 0.543 e. The van der Waals surface area contributed by atoms with E-state index in [0.29, 0.717) is 18.0 Å². The normalized spacial score (nSPS) is 10.6. The molecule has 1 aromatic carbocycles. The van der Waals surface area contributed by atoms with Crippen molar-refractivity contribution >= 4 is 17.3 Å². The Kier molecular flexibility index (Phi) is 4.65. The molecule has 1 heterocycles. The second kappa shape index (κ2) is 6.45. The van der Waals surface area contributed by atoms with Crippen LogP contribution >= 0.6 is 11.3 Å². The van der Waals surface area contributed by atoms with Gasteiger partial charge in [0, 0.05) is 24.2 Å². The molecule has 0 aliphatic rings. The summed E-state index contributed by atoms with van der Waals surface area (Å²) in [7, 11) is 1.63. The molecule has 0 aliphatic carbocycles. The third-order valence-corrected chi connectivity index (χ3v) is 3.83. The highest BCUT2D eigenvalue weighted by atomic mass is 32.1. The summed E-state index contributed by atoms with van der Waals surface area (Å²) in [5, 5.41) is 11.8. The van der Waals surface area contributed by atoms with Crippen LogP contribution < -0.4 is 5.11 Å². The van der Waals surface area contributed by atoms with Crippen LogP contribution in [0.2, 0.25) is 0 Å². The Morgan fingerprint density at radius 2 is 2.11 bits per heavy atom. The standard InChI is InChI=1S/C14H15NO3S/c1-18-9-5-8-11-12(14(16)17)15-13(19-11)10-6-3-2-4-7-10/h2-4,6-7H,5,8-9H2,1H3,(H,16,17)/p-1. The number of ether oxygens (including phenoxy) is 1. The number of nitrogens with zero attached hydrogens (tertiary/aromatic N) is 1. The van der Waals surface area contributed by atoms with Crippen LogP contribution in [0.5, 0.6) is 0 Å². The van der Waals surface area contributed by atoms with Crippen molar-refractivity contribution in [3.05, 3.63) is 40.9 Å². The van der Waals surface area contributed by atoms with Crippen LogP contribution in [0.15, 0.2) is 30.3 Å². The van der Waals surface area contributed by atoms with Crippen LogP contribution in [-0.4, -0.2) is 24.7 Å². The van der Waals surface area contributed by atoms with E-state index in [4.69, 9.17) is 4.74 Å². The Morgan fingerprint density at radius 3 is 2.74 bits per heavy atom. The molecule has 0 bridgehead atoms. The number of benzene rings is 1. The van der Waals surface area contributed by atoms with Gasteiger partial charge in [0.1, 0.15) is 10.7 Å². The number of rotatable bonds is 6. The smallest absolute Gasteiger partial charge is 0.124 e. The van der Waals surface area contributed by atoms with Gasteiger partial charge in [-0.05, 0) is 12.8 Å². The van der Waals surface area contributed by atoms with Crippen molar-refractivity contribution in [1.29, 1.82) is 0 Å². The fourth-order valence-corrected chi connectivity index (χ4v) is 2.86. The molecular weight excluding hydrogens is 262 g/mol. The third kappa shape index (κ3) is 3.39. The molecule has 0 aliphatic heterocycles. The molecule has 0 amide bonds. The van der Waals surface area contributed by atoms with Crippen LogP contribution in [0.25, 0.3) is 10.6 Å². The molecular formula is C14H14NO3S-. The zero-order valence-corrected chi connectivity index (χ0v) is 11.4. The van der Waals surface area contributed by atoms with Gasteiger partial charge >= 0.3 is 0 Å². The SMILES string of the molecule is COCCCc1sc(-c2ccccc2)nc1C(=O)[O-]. The Labute approximate surface area is 115 Å². The monoisotopic (exact) mass is 276 g/mol. The van der Waals surface area contributed by atoms with Crippen LogP contribution in [0.3, 0.4) is 0 Å². The van der Waals surface area contributed by atoms with E-state index in [1.54, 1.807) is 7.11 Å². The number of carbonyl (C=O) groups excluding carboxylic acids is 1. The number of carboxylic acids is 1. The summed E-state index contributed by atoms with van der Waals surface area (Å²) in [5.74, 6) is -1.22. The lowest BCUT2D eigenvalue weighted by Crippen LogP contribution is -2.24. The number of methoxy groups -OCH3 is 1. The first-order valence-electron chi connectivity index (χ1n) is 5.97. The number of hydrogen-bond acceptors (Lipinski definition) is 5. The van der Waals surface area contributed by atoms with E-state index in [-0.39, 0.29) is 5.69 Å². The van der Waals surface area contributed by atoms with Gasteiger partial charge in [0.05, 0.1) is 5.97 Å². The summed E-state index contributed by atoms with van der Waals surface area (Å²) < 4.78 is 4.98. The lowest BCUT2D eigenvalue weighted by atomic mass is 10.2. The molecule has 0 N–H and O–H groups in total. The molecule has 19 heavy (non-hydrogen) atoms. The van der Waals surface area contributed by atoms with E-state index in [2.05, 4.69) is 4.98 Å². The zero-order chi connectivity index (χ0) is 13.7. The predicted octanol–water partition coefficient (Wildman–Crippen LogP) is 1.75. The van der Waals surface area contributed by atoms with Crippen molar-refractivity contribution in [3.63, 3.8) is 0 Å². The average Bonchev–Trinajstić information content (AvgIpc) is 2.84. The van der Waals surface area contributed by atoms with Crippen molar-refractivity contribution in [2.24, 2.45) is 0 Å². The summed E-state index contributed by atoms with van der Waals surface area (Å²) in [5.41, 5.74) is 0.980. The summed E-state index contributed by atoms with van der Waals surface area (Å²) in [6.45, 7) is 0.602. The Morgan fingerprint density at radius 1 is 1.37 bits per heavy atom. The first-order valence-corrected chi connectivity index (χ1v) is 6.79. The lowest BCUT2D eigenvalue weighted by molar-refractivity contribution is -0.255. The van der Waals surface area contributed by atoms with Gasteiger partial charge in [-0.2, -0.15) is 0 Å². The highest BCUT2D eigenvalue weighted by Gasteiger charge is 2.13. The van der Waals surface area contributed by atoms with Crippen LogP contribution in [-0.2, 0) is 11.2 Å². The molecule has 0 spiro atoms. The summed E-state index contributed by atoms with van der Waals surface area (Å²) >= 11 is 1.40. The number of thiazole rings is 1.